The van der Waals surface area contributed by atoms with Crippen LogP contribution in [0.5, 0.6) is 0 Å². The van der Waals surface area contributed by atoms with Crippen LogP contribution in [0.2, 0.25) is 5.02 Å². The molecule has 1 aliphatic rings. The number of hydrogen-bond donors (Lipinski definition) is 1. The maximum atomic E-state index is 6.01. The van der Waals surface area contributed by atoms with Crippen molar-refractivity contribution in [2.75, 3.05) is 6.54 Å². The highest BCUT2D eigenvalue weighted by Gasteiger charge is 2.22. The Morgan fingerprint density at radius 3 is 2.55 bits per heavy atom. The van der Waals surface area contributed by atoms with Crippen LogP contribution in [0, 0.1) is 0 Å². The van der Waals surface area contributed by atoms with E-state index in [1.54, 1.807) is 0 Å². The van der Waals surface area contributed by atoms with E-state index >= 15 is 0 Å². The summed E-state index contributed by atoms with van der Waals surface area (Å²) in [6.07, 6.45) is 0.991. The number of benzene rings is 2. The van der Waals surface area contributed by atoms with Gasteiger partial charge < -0.3 is 5.32 Å². The molecule has 0 spiro atoms. The Kier molecular flexibility index (Phi) is 3.45. The Balaban J connectivity index is 1.89. The first-order valence-corrected chi connectivity index (χ1v) is 7.83. The third-order valence-corrected chi connectivity index (χ3v) is 4.30. The van der Waals surface area contributed by atoms with E-state index in [9.17, 15) is 0 Å². The topological polar surface area (TPSA) is 29.9 Å². The zero-order valence-corrected chi connectivity index (χ0v) is 12.8. The molecule has 3 nitrogen and oxygen atoms in total. The van der Waals surface area contributed by atoms with Gasteiger partial charge >= 0.3 is 0 Å². The summed E-state index contributed by atoms with van der Waals surface area (Å²) in [5, 5.41) is 9.09. The number of aromatic nitrogens is 2. The predicted molar refractivity (Wildman–Crippen MR) is 89.4 cm³/mol. The largest absolute Gasteiger partial charge is 0.312 e. The van der Waals surface area contributed by atoms with Crippen LogP contribution in [0.4, 0.5) is 0 Å². The van der Waals surface area contributed by atoms with Crippen molar-refractivity contribution in [3.63, 3.8) is 0 Å². The van der Waals surface area contributed by atoms with E-state index in [2.05, 4.69) is 22.1 Å². The molecule has 0 unspecified atom stereocenters. The zero-order valence-electron chi connectivity index (χ0n) is 12.1. The van der Waals surface area contributed by atoms with Gasteiger partial charge in [-0.2, -0.15) is 5.10 Å². The van der Waals surface area contributed by atoms with Crippen LogP contribution in [-0.4, -0.2) is 16.3 Å². The van der Waals surface area contributed by atoms with Crippen LogP contribution in [-0.2, 0) is 13.0 Å². The maximum Gasteiger partial charge on any atom is 0.0975 e. The molecule has 1 aromatic heterocycles. The normalized spacial score (nSPS) is 13.9. The third kappa shape index (κ3) is 2.32. The summed E-state index contributed by atoms with van der Waals surface area (Å²) >= 11 is 6.01. The Hall–Kier alpha value is -2.10. The Morgan fingerprint density at radius 1 is 1.00 bits per heavy atom. The second-order valence-electron chi connectivity index (χ2n) is 5.45. The van der Waals surface area contributed by atoms with E-state index in [-0.39, 0.29) is 0 Å². The minimum Gasteiger partial charge on any atom is -0.312 e. The first kappa shape index (κ1) is 13.6. The van der Waals surface area contributed by atoms with Gasteiger partial charge in [0.15, 0.2) is 0 Å². The molecule has 1 aliphatic heterocycles. The number of halogens is 1. The molecule has 0 radical (unpaired) electrons. The van der Waals surface area contributed by atoms with E-state index in [1.165, 1.54) is 11.3 Å². The first-order chi connectivity index (χ1) is 10.8. The number of para-hydroxylation sites is 1. The Labute approximate surface area is 134 Å². The summed E-state index contributed by atoms with van der Waals surface area (Å²) < 4.78 is 2.08. The molecule has 0 bridgehead atoms. The molecule has 2 aromatic carbocycles. The molecule has 22 heavy (non-hydrogen) atoms. The molecular formula is C18H16ClN3. The predicted octanol–water partition coefficient (Wildman–Crippen LogP) is 3.84. The molecule has 0 saturated heterocycles. The van der Waals surface area contributed by atoms with Crippen LogP contribution in [0.1, 0.15) is 11.3 Å². The van der Waals surface area contributed by atoms with Crippen LogP contribution in [0.15, 0.2) is 54.6 Å². The lowest BCUT2D eigenvalue weighted by atomic mass is 10.0. The SMILES string of the molecule is Clc1ccc(-c2nn(-c3ccccc3)c3c2CNCC3)cc1. The molecule has 0 fully saturated rings. The smallest absolute Gasteiger partial charge is 0.0975 e. The van der Waals surface area contributed by atoms with Gasteiger partial charge in [0.2, 0.25) is 0 Å². The fourth-order valence-corrected chi connectivity index (χ4v) is 3.10. The van der Waals surface area contributed by atoms with Crippen molar-refractivity contribution in [3.8, 4) is 16.9 Å². The lowest BCUT2D eigenvalue weighted by molar-refractivity contribution is 0.623. The third-order valence-electron chi connectivity index (χ3n) is 4.05. The number of fused-ring (bicyclic) bond motifs is 1. The van der Waals surface area contributed by atoms with E-state index < -0.39 is 0 Å². The highest BCUT2D eigenvalue weighted by molar-refractivity contribution is 6.30. The first-order valence-electron chi connectivity index (χ1n) is 7.46. The van der Waals surface area contributed by atoms with Crippen LogP contribution in [0.3, 0.4) is 0 Å². The second kappa shape index (κ2) is 5.59. The number of hydrogen-bond acceptors (Lipinski definition) is 2. The average Bonchev–Trinajstić information content (AvgIpc) is 2.96. The highest BCUT2D eigenvalue weighted by atomic mass is 35.5. The van der Waals surface area contributed by atoms with Gasteiger partial charge in [-0.1, -0.05) is 41.9 Å². The van der Waals surface area contributed by atoms with Gasteiger partial charge in [-0.05, 0) is 24.3 Å². The van der Waals surface area contributed by atoms with Gasteiger partial charge in [-0.3, -0.25) is 0 Å². The molecule has 0 amide bonds. The highest BCUT2D eigenvalue weighted by Crippen LogP contribution is 2.30. The van der Waals surface area contributed by atoms with E-state index in [1.807, 2.05) is 42.5 Å². The molecule has 110 valence electrons. The molecular weight excluding hydrogens is 294 g/mol. The van der Waals surface area contributed by atoms with Crippen molar-refractivity contribution in [3.05, 3.63) is 70.9 Å². The van der Waals surface area contributed by atoms with Crippen molar-refractivity contribution in [1.29, 1.82) is 0 Å². The summed E-state index contributed by atoms with van der Waals surface area (Å²) in [7, 11) is 0. The van der Waals surface area contributed by atoms with Gasteiger partial charge in [0.05, 0.1) is 17.1 Å². The summed E-state index contributed by atoms with van der Waals surface area (Å²) in [4.78, 5) is 0. The maximum absolute atomic E-state index is 6.01. The number of nitrogens with one attached hydrogen (secondary N) is 1. The number of nitrogens with zero attached hydrogens (tertiary/aromatic N) is 2. The average molecular weight is 310 g/mol. The van der Waals surface area contributed by atoms with Crippen LogP contribution < -0.4 is 5.32 Å². The van der Waals surface area contributed by atoms with Crippen molar-refractivity contribution in [1.82, 2.24) is 15.1 Å². The molecule has 4 rings (SSSR count). The van der Waals surface area contributed by atoms with Crippen molar-refractivity contribution >= 4 is 11.6 Å². The van der Waals surface area contributed by atoms with Crippen molar-refractivity contribution < 1.29 is 0 Å². The molecule has 2 heterocycles. The van der Waals surface area contributed by atoms with E-state index in [0.29, 0.717) is 0 Å². The molecule has 1 N–H and O–H groups in total. The standard InChI is InChI=1S/C18H16ClN3/c19-14-8-6-13(7-9-14)18-16-12-20-11-10-17(16)22(21-18)15-4-2-1-3-5-15/h1-9,20H,10-12H2. The molecule has 0 aliphatic carbocycles. The van der Waals surface area contributed by atoms with E-state index in [4.69, 9.17) is 16.7 Å². The van der Waals surface area contributed by atoms with Gasteiger partial charge in [0.1, 0.15) is 0 Å². The summed E-state index contributed by atoms with van der Waals surface area (Å²) in [6.45, 7) is 1.85. The summed E-state index contributed by atoms with van der Waals surface area (Å²) in [6, 6.07) is 18.2. The van der Waals surface area contributed by atoms with Crippen molar-refractivity contribution in [2.45, 2.75) is 13.0 Å². The molecule has 0 atom stereocenters. The summed E-state index contributed by atoms with van der Waals surface area (Å²) in [5.74, 6) is 0. The molecule has 0 saturated carbocycles. The lowest BCUT2D eigenvalue weighted by Gasteiger charge is -2.15. The lowest BCUT2D eigenvalue weighted by Crippen LogP contribution is -2.24. The minimum atomic E-state index is 0.748. The fourth-order valence-electron chi connectivity index (χ4n) is 2.97. The van der Waals surface area contributed by atoms with Gasteiger partial charge in [-0.25, -0.2) is 4.68 Å². The Bertz CT molecular complexity index is 791. The van der Waals surface area contributed by atoms with Gasteiger partial charge in [-0.15, -0.1) is 0 Å². The quantitative estimate of drug-likeness (QED) is 0.779. The van der Waals surface area contributed by atoms with Gasteiger partial charge in [0.25, 0.3) is 0 Å². The van der Waals surface area contributed by atoms with E-state index in [0.717, 1.165) is 41.5 Å². The monoisotopic (exact) mass is 309 g/mol. The Morgan fingerprint density at radius 2 is 1.77 bits per heavy atom. The molecule has 3 aromatic rings. The minimum absolute atomic E-state index is 0.748. The zero-order chi connectivity index (χ0) is 14.9. The number of rotatable bonds is 2. The van der Waals surface area contributed by atoms with Gasteiger partial charge in [0, 0.05) is 35.7 Å². The molecule has 4 heteroatoms. The van der Waals surface area contributed by atoms with Crippen molar-refractivity contribution in [2.24, 2.45) is 0 Å². The fraction of sp³-hybridized carbons (Fsp3) is 0.167. The van der Waals surface area contributed by atoms with Crippen LogP contribution in [0.25, 0.3) is 16.9 Å². The van der Waals surface area contributed by atoms with Crippen LogP contribution >= 0.6 is 11.6 Å². The summed E-state index contributed by atoms with van der Waals surface area (Å²) in [5.41, 5.74) is 5.86. The second-order valence-corrected chi connectivity index (χ2v) is 5.89.